The minimum atomic E-state index is 0.514. The SMILES string of the molecule is COCCOCCOc1ccc(C/C(C)=N/O)cc1. The zero-order valence-electron chi connectivity index (χ0n) is 11.5. The van der Waals surface area contributed by atoms with Crippen LogP contribution >= 0.6 is 0 Å². The highest BCUT2D eigenvalue weighted by atomic mass is 16.5. The van der Waals surface area contributed by atoms with Gasteiger partial charge in [0.25, 0.3) is 0 Å². The fourth-order valence-corrected chi connectivity index (χ4v) is 1.50. The molecule has 5 nitrogen and oxygen atoms in total. The minimum Gasteiger partial charge on any atom is -0.491 e. The second-order valence-corrected chi connectivity index (χ2v) is 4.11. The Morgan fingerprint density at radius 3 is 2.42 bits per heavy atom. The fraction of sp³-hybridized carbons (Fsp3) is 0.500. The van der Waals surface area contributed by atoms with E-state index in [0.717, 1.165) is 11.3 Å². The average Bonchev–Trinajstić information content (AvgIpc) is 2.44. The largest absolute Gasteiger partial charge is 0.491 e. The van der Waals surface area contributed by atoms with Crippen molar-refractivity contribution >= 4 is 5.71 Å². The van der Waals surface area contributed by atoms with E-state index in [1.54, 1.807) is 14.0 Å². The summed E-state index contributed by atoms with van der Waals surface area (Å²) in [6.45, 7) is 4.02. The van der Waals surface area contributed by atoms with Crippen LogP contribution < -0.4 is 4.74 Å². The van der Waals surface area contributed by atoms with E-state index < -0.39 is 0 Å². The van der Waals surface area contributed by atoms with Crippen LogP contribution in [0.15, 0.2) is 29.4 Å². The Balaban J connectivity index is 2.24. The molecule has 1 N–H and O–H groups in total. The predicted octanol–water partition coefficient (Wildman–Crippen LogP) is 2.12. The van der Waals surface area contributed by atoms with Crippen molar-refractivity contribution in [3.05, 3.63) is 29.8 Å². The molecule has 0 bridgehead atoms. The molecule has 1 rings (SSSR count). The van der Waals surface area contributed by atoms with Crippen LogP contribution in [-0.4, -0.2) is 44.5 Å². The van der Waals surface area contributed by atoms with E-state index >= 15 is 0 Å². The first-order valence-electron chi connectivity index (χ1n) is 6.22. The lowest BCUT2D eigenvalue weighted by Gasteiger charge is -2.07. The van der Waals surface area contributed by atoms with Gasteiger partial charge in [-0.15, -0.1) is 0 Å². The number of ether oxygens (including phenoxy) is 3. The van der Waals surface area contributed by atoms with Crippen LogP contribution in [0.3, 0.4) is 0 Å². The van der Waals surface area contributed by atoms with Crippen LogP contribution in [0, 0.1) is 0 Å². The second kappa shape index (κ2) is 9.35. The molecule has 5 heteroatoms. The highest BCUT2D eigenvalue weighted by molar-refractivity contribution is 5.83. The van der Waals surface area contributed by atoms with Gasteiger partial charge in [-0.1, -0.05) is 17.3 Å². The lowest BCUT2D eigenvalue weighted by atomic mass is 10.1. The van der Waals surface area contributed by atoms with Crippen LogP contribution in [0.5, 0.6) is 5.75 Å². The van der Waals surface area contributed by atoms with E-state index in [-0.39, 0.29) is 0 Å². The maximum Gasteiger partial charge on any atom is 0.119 e. The summed E-state index contributed by atoms with van der Waals surface area (Å²) in [5.74, 6) is 0.803. The van der Waals surface area contributed by atoms with Crippen LogP contribution in [-0.2, 0) is 15.9 Å². The zero-order chi connectivity index (χ0) is 13.9. The molecule has 0 radical (unpaired) electrons. The molecule has 0 saturated carbocycles. The van der Waals surface area contributed by atoms with Crippen LogP contribution in [0.4, 0.5) is 0 Å². The molecule has 0 aliphatic rings. The molecule has 0 unspecified atom stereocenters. The summed E-state index contributed by atoms with van der Waals surface area (Å²) in [5.41, 5.74) is 1.76. The standard InChI is InChI=1S/C14H21NO4/c1-12(15-16)11-13-3-5-14(6-4-13)19-10-9-18-8-7-17-2/h3-6,16H,7-11H2,1-2H3/b15-12+. The number of methoxy groups -OCH3 is 1. The third kappa shape index (κ3) is 6.79. The molecule has 106 valence electrons. The molecule has 0 aliphatic carbocycles. The van der Waals surface area contributed by atoms with Gasteiger partial charge in [-0.3, -0.25) is 0 Å². The van der Waals surface area contributed by atoms with Gasteiger partial charge < -0.3 is 19.4 Å². The van der Waals surface area contributed by atoms with Gasteiger partial charge in [-0.25, -0.2) is 0 Å². The molecule has 0 spiro atoms. The molecule has 1 aromatic carbocycles. The lowest BCUT2D eigenvalue weighted by molar-refractivity contribution is 0.0544. The van der Waals surface area contributed by atoms with E-state index in [4.69, 9.17) is 19.4 Å². The zero-order valence-corrected chi connectivity index (χ0v) is 11.5. The summed E-state index contributed by atoms with van der Waals surface area (Å²) in [6.07, 6.45) is 0.636. The number of hydrogen-bond acceptors (Lipinski definition) is 5. The molecule has 0 amide bonds. The monoisotopic (exact) mass is 267 g/mol. The quantitative estimate of drug-likeness (QED) is 0.322. The van der Waals surface area contributed by atoms with Gasteiger partial charge in [0, 0.05) is 13.5 Å². The smallest absolute Gasteiger partial charge is 0.119 e. The Morgan fingerprint density at radius 2 is 1.79 bits per heavy atom. The summed E-state index contributed by atoms with van der Waals surface area (Å²) in [5, 5.41) is 11.7. The Morgan fingerprint density at radius 1 is 1.11 bits per heavy atom. The topological polar surface area (TPSA) is 60.3 Å². The number of hydrogen-bond donors (Lipinski definition) is 1. The predicted molar refractivity (Wildman–Crippen MR) is 73.2 cm³/mol. The third-order valence-electron chi connectivity index (χ3n) is 2.48. The molecular formula is C14H21NO4. The Hall–Kier alpha value is -1.59. The molecular weight excluding hydrogens is 246 g/mol. The van der Waals surface area contributed by atoms with Crippen molar-refractivity contribution in [1.82, 2.24) is 0 Å². The van der Waals surface area contributed by atoms with Crippen molar-refractivity contribution in [2.45, 2.75) is 13.3 Å². The van der Waals surface area contributed by atoms with E-state index in [1.165, 1.54) is 0 Å². The van der Waals surface area contributed by atoms with Gasteiger partial charge in [0.2, 0.25) is 0 Å². The van der Waals surface area contributed by atoms with Crippen LogP contribution in [0.1, 0.15) is 12.5 Å². The van der Waals surface area contributed by atoms with Gasteiger partial charge in [-0.05, 0) is 24.6 Å². The van der Waals surface area contributed by atoms with Crippen LogP contribution in [0.2, 0.25) is 0 Å². The Bertz CT molecular complexity index is 376. The van der Waals surface area contributed by atoms with Gasteiger partial charge in [-0.2, -0.15) is 0 Å². The third-order valence-corrected chi connectivity index (χ3v) is 2.48. The molecule has 19 heavy (non-hydrogen) atoms. The summed E-state index contributed by atoms with van der Waals surface area (Å²) in [6, 6.07) is 7.70. The first-order chi connectivity index (χ1) is 9.26. The van der Waals surface area contributed by atoms with Gasteiger partial charge in [0.15, 0.2) is 0 Å². The van der Waals surface area contributed by atoms with Gasteiger partial charge >= 0.3 is 0 Å². The average molecular weight is 267 g/mol. The molecule has 0 aromatic heterocycles. The summed E-state index contributed by atoms with van der Waals surface area (Å²) in [7, 11) is 1.64. The highest BCUT2D eigenvalue weighted by Gasteiger charge is 1.98. The first kappa shape index (κ1) is 15.5. The minimum absolute atomic E-state index is 0.514. The van der Waals surface area contributed by atoms with Crippen molar-refractivity contribution in [3.63, 3.8) is 0 Å². The van der Waals surface area contributed by atoms with Crippen molar-refractivity contribution in [3.8, 4) is 5.75 Å². The van der Waals surface area contributed by atoms with Crippen molar-refractivity contribution in [2.75, 3.05) is 33.5 Å². The van der Waals surface area contributed by atoms with E-state index in [9.17, 15) is 0 Å². The van der Waals surface area contributed by atoms with Gasteiger partial charge in [0.1, 0.15) is 12.4 Å². The summed E-state index contributed by atoms with van der Waals surface area (Å²) >= 11 is 0. The van der Waals surface area contributed by atoms with E-state index in [0.29, 0.717) is 38.6 Å². The Labute approximate surface area is 113 Å². The number of rotatable bonds is 9. The summed E-state index contributed by atoms with van der Waals surface area (Å²) in [4.78, 5) is 0. The fourth-order valence-electron chi connectivity index (χ4n) is 1.50. The molecule has 1 aromatic rings. The highest BCUT2D eigenvalue weighted by Crippen LogP contribution is 2.12. The van der Waals surface area contributed by atoms with E-state index in [1.807, 2.05) is 24.3 Å². The first-order valence-corrected chi connectivity index (χ1v) is 6.22. The Kier molecular flexibility index (Phi) is 7.62. The molecule has 0 fully saturated rings. The molecule has 0 aliphatic heterocycles. The number of oxime groups is 1. The molecule has 0 saturated heterocycles. The van der Waals surface area contributed by atoms with Crippen LogP contribution in [0.25, 0.3) is 0 Å². The molecule has 0 atom stereocenters. The number of benzene rings is 1. The van der Waals surface area contributed by atoms with Crippen molar-refractivity contribution < 1.29 is 19.4 Å². The van der Waals surface area contributed by atoms with Crippen molar-refractivity contribution in [1.29, 1.82) is 0 Å². The molecule has 0 heterocycles. The number of nitrogens with zero attached hydrogens (tertiary/aromatic N) is 1. The lowest BCUT2D eigenvalue weighted by Crippen LogP contribution is -2.10. The maximum atomic E-state index is 8.60. The van der Waals surface area contributed by atoms with E-state index in [2.05, 4.69) is 5.16 Å². The second-order valence-electron chi connectivity index (χ2n) is 4.11. The van der Waals surface area contributed by atoms with Gasteiger partial charge in [0.05, 0.1) is 25.5 Å². The summed E-state index contributed by atoms with van der Waals surface area (Å²) < 4.78 is 15.7. The maximum absolute atomic E-state index is 8.60. The normalized spacial score (nSPS) is 11.6. The van der Waals surface area contributed by atoms with Crippen molar-refractivity contribution in [2.24, 2.45) is 5.16 Å².